The first-order chi connectivity index (χ1) is 7.66. The Hall–Kier alpha value is -0.940. The molecule has 1 fully saturated rings. The van der Waals surface area contributed by atoms with Crippen molar-refractivity contribution < 1.29 is 13.3 Å². The number of benzene rings is 1. The first-order valence-corrected chi connectivity index (χ1v) is 6.50. The molecular formula is C11H14FNO2S. The zero-order valence-corrected chi connectivity index (χ0v) is 9.63. The van der Waals surface area contributed by atoms with E-state index in [2.05, 4.69) is 0 Å². The number of nitrogens with two attached hydrogens (primary N) is 1. The number of nitrogen functional groups attached to an aromatic ring is 1. The van der Waals surface area contributed by atoms with Crippen LogP contribution in [0.15, 0.2) is 23.1 Å². The second kappa shape index (κ2) is 4.93. The highest BCUT2D eigenvalue weighted by Crippen LogP contribution is 2.21. The van der Waals surface area contributed by atoms with Crippen LogP contribution in [0.4, 0.5) is 10.1 Å². The van der Waals surface area contributed by atoms with E-state index in [4.69, 9.17) is 10.5 Å². The van der Waals surface area contributed by atoms with E-state index in [1.165, 1.54) is 18.2 Å². The summed E-state index contributed by atoms with van der Waals surface area (Å²) in [4.78, 5) is 0.522. The molecule has 1 aromatic rings. The van der Waals surface area contributed by atoms with Crippen molar-refractivity contribution in [1.82, 2.24) is 0 Å². The molecule has 1 aromatic carbocycles. The Bertz CT molecular complexity index is 405. The lowest BCUT2D eigenvalue weighted by Gasteiger charge is -2.09. The molecule has 3 nitrogen and oxygen atoms in total. The van der Waals surface area contributed by atoms with E-state index in [-0.39, 0.29) is 5.69 Å². The van der Waals surface area contributed by atoms with Gasteiger partial charge >= 0.3 is 0 Å². The lowest BCUT2D eigenvalue weighted by Crippen LogP contribution is -2.12. The van der Waals surface area contributed by atoms with Crippen molar-refractivity contribution in [1.29, 1.82) is 0 Å². The maximum Gasteiger partial charge on any atom is 0.125 e. The van der Waals surface area contributed by atoms with Gasteiger partial charge < -0.3 is 10.5 Å². The lowest BCUT2D eigenvalue weighted by atomic mass is 10.2. The van der Waals surface area contributed by atoms with Gasteiger partial charge in [-0.1, -0.05) is 0 Å². The standard InChI is InChI=1S/C11H14FNO2S/c12-9-1-2-11(10(13)5-9)16(14)7-8-3-4-15-6-8/h1-2,5,8H,3-4,6-7,13H2. The molecule has 1 aliphatic rings. The monoisotopic (exact) mass is 243 g/mol. The third-order valence-corrected chi connectivity index (χ3v) is 4.26. The van der Waals surface area contributed by atoms with Gasteiger partial charge in [-0.15, -0.1) is 0 Å². The minimum Gasteiger partial charge on any atom is -0.398 e. The van der Waals surface area contributed by atoms with Crippen LogP contribution in [-0.2, 0) is 15.5 Å². The minimum absolute atomic E-state index is 0.261. The Morgan fingerprint density at radius 3 is 3.00 bits per heavy atom. The molecule has 1 heterocycles. The topological polar surface area (TPSA) is 52.3 Å². The van der Waals surface area contributed by atoms with Crippen LogP contribution >= 0.6 is 0 Å². The summed E-state index contributed by atoms with van der Waals surface area (Å²) in [5.41, 5.74) is 5.89. The van der Waals surface area contributed by atoms with Gasteiger partial charge in [-0.25, -0.2) is 4.39 Å². The highest BCUT2D eigenvalue weighted by molar-refractivity contribution is 7.85. The highest BCUT2D eigenvalue weighted by atomic mass is 32.2. The number of rotatable bonds is 3. The van der Waals surface area contributed by atoms with Crippen molar-refractivity contribution in [3.63, 3.8) is 0 Å². The second-order valence-electron chi connectivity index (χ2n) is 3.92. The van der Waals surface area contributed by atoms with Crippen LogP contribution in [0.5, 0.6) is 0 Å². The molecule has 0 spiro atoms. The molecule has 2 atom stereocenters. The normalized spacial score (nSPS) is 22.2. The third kappa shape index (κ3) is 2.59. The summed E-state index contributed by atoms with van der Waals surface area (Å²) in [7, 11) is -1.16. The molecule has 1 saturated heterocycles. The first-order valence-electron chi connectivity index (χ1n) is 5.18. The third-order valence-electron chi connectivity index (χ3n) is 2.63. The smallest absolute Gasteiger partial charge is 0.125 e. The average molecular weight is 243 g/mol. The van der Waals surface area contributed by atoms with E-state index in [0.29, 0.717) is 23.2 Å². The molecule has 0 saturated carbocycles. The maximum atomic E-state index is 12.8. The van der Waals surface area contributed by atoms with E-state index in [1.54, 1.807) is 0 Å². The van der Waals surface area contributed by atoms with Gasteiger partial charge in [0.1, 0.15) is 5.82 Å². The van der Waals surface area contributed by atoms with Gasteiger partial charge in [-0.05, 0) is 30.5 Å². The average Bonchev–Trinajstić information content (AvgIpc) is 2.70. The molecule has 0 bridgehead atoms. The summed E-state index contributed by atoms with van der Waals surface area (Å²) in [6, 6.07) is 3.99. The molecule has 1 aliphatic heterocycles. The molecule has 0 aromatic heterocycles. The van der Waals surface area contributed by atoms with Gasteiger partial charge in [0, 0.05) is 12.4 Å². The van der Waals surface area contributed by atoms with Crippen LogP contribution in [0.1, 0.15) is 6.42 Å². The fraction of sp³-hybridized carbons (Fsp3) is 0.455. The summed E-state index contributed by atoms with van der Waals surface area (Å²) in [5, 5.41) is 0. The van der Waals surface area contributed by atoms with Crippen molar-refractivity contribution in [2.45, 2.75) is 11.3 Å². The van der Waals surface area contributed by atoms with Crippen molar-refractivity contribution in [2.75, 3.05) is 24.7 Å². The Morgan fingerprint density at radius 2 is 2.38 bits per heavy atom. The number of hydrogen-bond donors (Lipinski definition) is 1. The summed E-state index contributed by atoms with van der Waals surface area (Å²) >= 11 is 0. The Morgan fingerprint density at radius 1 is 1.56 bits per heavy atom. The minimum atomic E-state index is -1.16. The van der Waals surface area contributed by atoms with Gasteiger partial charge in [0.25, 0.3) is 0 Å². The lowest BCUT2D eigenvalue weighted by molar-refractivity contribution is 0.189. The predicted molar refractivity (Wildman–Crippen MR) is 61.0 cm³/mol. The Labute approximate surface area is 96.2 Å². The number of halogens is 1. The fourth-order valence-electron chi connectivity index (χ4n) is 1.75. The molecule has 0 radical (unpaired) electrons. The van der Waals surface area contributed by atoms with Crippen molar-refractivity contribution in [2.24, 2.45) is 5.92 Å². The molecule has 2 rings (SSSR count). The molecule has 0 aliphatic carbocycles. The SMILES string of the molecule is Nc1cc(F)ccc1S(=O)CC1CCOC1. The number of hydrogen-bond acceptors (Lipinski definition) is 3. The summed E-state index contributed by atoms with van der Waals surface area (Å²) in [6.07, 6.45) is 0.937. The first kappa shape index (κ1) is 11.5. The fourth-order valence-corrected chi connectivity index (χ4v) is 3.16. The largest absolute Gasteiger partial charge is 0.398 e. The number of ether oxygens (including phenoxy) is 1. The van der Waals surface area contributed by atoms with Gasteiger partial charge in [0.05, 0.1) is 28.0 Å². The summed E-state index contributed by atoms with van der Waals surface area (Å²) in [5.74, 6) is 0.461. The molecule has 2 unspecified atom stereocenters. The molecule has 5 heteroatoms. The number of anilines is 1. The molecule has 0 amide bonds. The van der Waals surface area contributed by atoms with Crippen LogP contribution in [0.2, 0.25) is 0 Å². The molecule has 88 valence electrons. The Kier molecular flexibility index (Phi) is 3.56. The van der Waals surface area contributed by atoms with Crippen LogP contribution < -0.4 is 5.73 Å². The van der Waals surface area contributed by atoms with Gasteiger partial charge in [-0.3, -0.25) is 4.21 Å². The van der Waals surface area contributed by atoms with E-state index < -0.39 is 16.6 Å². The van der Waals surface area contributed by atoms with Gasteiger partial charge in [0.15, 0.2) is 0 Å². The molecule has 16 heavy (non-hydrogen) atoms. The quantitative estimate of drug-likeness (QED) is 0.819. The van der Waals surface area contributed by atoms with Crippen LogP contribution in [0.25, 0.3) is 0 Å². The van der Waals surface area contributed by atoms with Crippen molar-refractivity contribution >= 4 is 16.5 Å². The highest BCUT2D eigenvalue weighted by Gasteiger charge is 2.20. The zero-order chi connectivity index (χ0) is 11.5. The van der Waals surface area contributed by atoms with Gasteiger partial charge in [-0.2, -0.15) is 0 Å². The van der Waals surface area contributed by atoms with Gasteiger partial charge in [0.2, 0.25) is 0 Å². The van der Waals surface area contributed by atoms with E-state index in [0.717, 1.165) is 13.0 Å². The van der Waals surface area contributed by atoms with Crippen molar-refractivity contribution in [3.05, 3.63) is 24.0 Å². The second-order valence-corrected chi connectivity index (χ2v) is 5.39. The van der Waals surface area contributed by atoms with Crippen LogP contribution in [0, 0.1) is 11.7 Å². The summed E-state index contributed by atoms with van der Waals surface area (Å²) < 4.78 is 30.0. The van der Waals surface area contributed by atoms with E-state index in [9.17, 15) is 8.60 Å². The Balaban J connectivity index is 2.08. The molecule has 2 N–H and O–H groups in total. The maximum absolute atomic E-state index is 12.8. The summed E-state index contributed by atoms with van der Waals surface area (Å²) in [6.45, 7) is 1.40. The van der Waals surface area contributed by atoms with Crippen LogP contribution in [-0.4, -0.2) is 23.2 Å². The van der Waals surface area contributed by atoms with Crippen molar-refractivity contribution in [3.8, 4) is 0 Å². The van der Waals surface area contributed by atoms with E-state index >= 15 is 0 Å². The van der Waals surface area contributed by atoms with E-state index in [1.807, 2.05) is 0 Å². The predicted octanol–water partition coefficient (Wildman–Crippen LogP) is 1.55. The molecular weight excluding hydrogens is 229 g/mol. The zero-order valence-electron chi connectivity index (χ0n) is 8.82. The van der Waals surface area contributed by atoms with Crippen LogP contribution in [0.3, 0.4) is 0 Å².